The highest BCUT2D eigenvalue weighted by Gasteiger charge is 2.33. The highest BCUT2D eigenvalue weighted by molar-refractivity contribution is 14.1. The van der Waals surface area contributed by atoms with Gasteiger partial charge in [0.25, 0.3) is 5.91 Å². The topological polar surface area (TPSA) is 75.7 Å². The average Bonchev–Trinajstić information content (AvgIpc) is 2.63. The van der Waals surface area contributed by atoms with Crippen molar-refractivity contribution in [3.63, 3.8) is 0 Å². The van der Waals surface area contributed by atoms with Crippen molar-refractivity contribution in [1.82, 2.24) is 4.31 Å². The quantitative estimate of drug-likeness (QED) is 0.602. The van der Waals surface area contributed by atoms with Gasteiger partial charge in [0.15, 0.2) is 0 Å². The fourth-order valence-corrected chi connectivity index (χ4v) is 5.68. The van der Waals surface area contributed by atoms with Crippen molar-refractivity contribution in [1.29, 1.82) is 0 Å². The number of sulfonamides is 1. The lowest BCUT2D eigenvalue weighted by atomic mass is 10.2. The number of hydrogen-bond donors (Lipinski definition) is 1. The van der Waals surface area contributed by atoms with E-state index in [1.807, 2.05) is 32.0 Å². The molecule has 3 rings (SSSR count). The molecule has 1 N–H and O–H groups in total. The first-order valence-corrected chi connectivity index (χ1v) is 11.6. The third-order valence-corrected chi connectivity index (χ3v) is 7.57. The van der Waals surface area contributed by atoms with Crippen LogP contribution in [0.5, 0.6) is 0 Å². The number of nitrogens with zero attached hydrogens (tertiary/aromatic N) is 1. The molecule has 0 aromatic heterocycles. The Morgan fingerprint density at radius 1 is 1.18 bits per heavy atom. The molecule has 0 saturated carbocycles. The summed E-state index contributed by atoms with van der Waals surface area (Å²) in [6, 6.07) is 11.6. The van der Waals surface area contributed by atoms with Crippen LogP contribution in [0.25, 0.3) is 0 Å². The van der Waals surface area contributed by atoms with Crippen LogP contribution in [0.3, 0.4) is 0 Å². The number of morpholine rings is 1. The highest BCUT2D eigenvalue weighted by atomic mass is 127. The summed E-state index contributed by atoms with van der Waals surface area (Å²) in [4.78, 5) is 12.6. The van der Waals surface area contributed by atoms with Gasteiger partial charge in [-0.2, -0.15) is 4.31 Å². The molecule has 2 unspecified atom stereocenters. The minimum atomic E-state index is -3.86. The third-order valence-electron chi connectivity index (χ3n) is 4.32. The van der Waals surface area contributed by atoms with E-state index in [1.54, 1.807) is 6.07 Å². The SMILES string of the molecule is CC1CN(S(=O)(=O)c2cc(C(=O)Nc3ccccc3I)ccc2Cl)CC(C)O1. The van der Waals surface area contributed by atoms with Crippen molar-refractivity contribution in [3.8, 4) is 0 Å². The van der Waals surface area contributed by atoms with E-state index in [-0.39, 0.29) is 40.8 Å². The number of benzene rings is 2. The van der Waals surface area contributed by atoms with Crippen molar-refractivity contribution in [2.75, 3.05) is 18.4 Å². The normalized spacial score (nSPS) is 20.7. The molecule has 1 heterocycles. The van der Waals surface area contributed by atoms with Crippen molar-refractivity contribution in [2.45, 2.75) is 31.0 Å². The van der Waals surface area contributed by atoms with Gasteiger partial charge in [-0.3, -0.25) is 4.79 Å². The molecule has 2 aromatic carbocycles. The lowest BCUT2D eigenvalue weighted by molar-refractivity contribution is -0.0440. The second-order valence-electron chi connectivity index (χ2n) is 6.66. The molecular formula is C19H20ClIN2O4S. The van der Waals surface area contributed by atoms with Gasteiger partial charge in [-0.05, 0) is 66.8 Å². The molecule has 2 aromatic rings. The second kappa shape index (κ2) is 8.66. The zero-order chi connectivity index (χ0) is 20.5. The summed E-state index contributed by atoms with van der Waals surface area (Å²) in [5, 5.41) is 2.88. The summed E-state index contributed by atoms with van der Waals surface area (Å²) >= 11 is 8.31. The summed E-state index contributed by atoms with van der Waals surface area (Å²) in [7, 11) is -3.86. The Morgan fingerprint density at radius 3 is 2.46 bits per heavy atom. The number of carbonyl (C=O) groups excluding carboxylic acids is 1. The van der Waals surface area contributed by atoms with Crippen LogP contribution in [0.1, 0.15) is 24.2 Å². The van der Waals surface area contributed by atoms with Crippen LogP contribution in [-0.4, -0.2) is 43.9 Å². The number of nitrogens with one attached hydrogen (secondary N) is 1. The number of halogens is 2. The Kier molecular flexibility index (Phi) is 6.65. The zero-order valence-electron chi connectivity index (χ0n) is 15.4. The zero-order valence-corrected chi connectivity index (χ0v) is 19.1. The average molecular weight is 535 g/mol. The largest absolute Gasteiger partial charge is 0.373 e. The van der Waals surface area contributed by atoms with Gasteiger partial charge in [-0.15, -0.1) is 0 Å². The molecule has 0 radical (unpaired) electrons. The molecule has 28 heavy (non-hydrogen) atoms. The number of rotatable bonds is 4. The van der Waals surface area contributed by atoms with Crippen LogP contribution in [-0.2, 0) is 14.8 Å². The number of amides is 1. The Bertz CT molecular complexity index is 989. The predicted molar refractivity (Wildman–Crippen MR) is 117 cm³/mol. The van der Waals surface area contributed by atoms with E-state index < -0.39 is 15.9 Å². The molecule has 1 aliphatic rings. The maximum Gasteiger partial charge on any atom is 0.255 e. The van der Waals surface area contributed by atoms with E-state index in [4.69, 9.17) is 16.3 Å². The van der Waals surface area contributed by atoms with Crippen LogP contribution in [0, 0.1) is 3.57 Å². The maximum atomic E-state index is 13.1. The minimum Gasteiger partial charge on any atom is -0.373 e. The van der Waals surface area contributed by atoms with Gasteiger partial charge >= 0.3 is 0 Å². The fraction of sp³-hybridized carbons (Fsp3) is 0.316. The molecule has 0 aliphatic carbocycles. The van der Waals surface area contributed by atoms with Gasteiger partial charge < -0.3 is 10.1 Å². The van der Waals surface area contributed by atoms with Crippen LogP contribution in [0.2, 0.25) is 5.02 Å². The number of para-hydroxylation sites is 1. The summed E-state index contributed by atoms with van der Waals surface area (Å²) in [5.41, 5.74) is 0.875. The van der Waals surface area contributed by atoms with E-state index in [0.717, 1.165) is 3.57 Å². The monoisotopic (exact) mass is 534 g/mol. The summed E-state index contributed by atoms with van der Waals surface area (Å²) < 4.78 is 34.1. The molecule has 2 atom stereocenters. The van der Waals surface area contributed by atoms with Gasteiger partial charge in [-0.1, -0.05) is 23.7 Å². The predicted octanol–water partition coefficient (Wildman–Crippen LogP) is 3.99. The van der Waals surface area contributed by atoms with Gasteiger partial charge in [0.05, 0.1) is 22.9 Å². The van der Waals surface area contributed by atoms with Gasteiger partial charge in [0.2, 0.25) is 10.0 Å². The lowest BCUT2D eigenvalue weighted by Crippen LogP contribution is -2.48. The Hall–Kier alpha value is -1.20. The molecule has 6 nitrogen and oxygen atoms in total. The van der Waals surface area contributed by atoms with Crippen LogP contribution >= 0.6 is 34.2 Å². The van der Waals surface area contributed by atoms with Crippen molar-refractivity contribution < 1.29 is 17.9 Å². The van der Waals surface area contributed by atoms with E-state index in [1.165, 1.54) is 22.5 Å². The van der Waals surface area contributed by atoms with Crippen LogP contribution in [0.15, 0.2) is 47.4 Å². The maximum absolute atomic E-state index is 13.1. The number of anilines is 1. The Balaban J connectivity index is 1.91. The van der Waals surface area contributed by atoms with E-state index >= 15 is 0 Å². The molecule has 1 aliphatic heterocycles. The fourth-order valence-electron chi connectivity index (χ4n) is 3.07. The lowest BCUT2D eigenvalue weighted by Gasteiger charge is -2.34. The molecule has 1 fully saturated rings. The van der Waals surface area contributed by atoms with Crippen molar-refractivity contribution in [3.05, 3.63) is 56.6 Å². The number of ether oxygens (including phenoxy) is 1. The molecule has 0 bridgehead atoms. The van der Waals surface area contributed by atoms with Crippen LogP contribution < -0.4 is 5.32 Å². The summed E-state index contributed by atoms with van der Waals surface area (Å²) in [6.45, 7) is 4.12. The molecule has 150 valence electrons. The molecule has 9 heteroatoms. The smallest absolute Gasteiger partial charge is 0.255 e. The molecular weight excluding hydrogens is 515 g/mol. The van der Waals surface area contributed by atoms with Gasteiger partial charge in [-0.25, -0.2) is 8.42 Å². The molecule has 1 amide bonds. The molecule has 1 saturated heterocycles. The highest BCUT2D eigenvalue weighted by Crippen LogP contribution is 2.28. The number of carbonyl (C=O) groups is 1. The first-order valence-electron chi connectivity index (χ1n) is 8.69. The first kappa shape index (κ1) is 21.5. The van der Waals surface area contributed by atoms with E-state index in [0.29, 0.717) is 5.69 Å². The van der Waals surface area contributed by atoms with Gasteiger partial charge in [0, 0.05) is 22.2 Å². The number of hydrogen-bond acceptors (Lipinski definition) is 4. The second-order valence-corrected chi connectivity index (χ2v) is 10.1. The van der Waals surface area contributed by atoms with E-state index in [9.17, 15) is 13.2 Å². The standard InChI is InChI=1S/C19H20ClIN2O4S/c1-12-10-23(11-13(2)27-12)28(25,26)18-9-14(7-8-15(18)20)19(24)22-17-6-4-3-5-16(17)21/h3-9,12-13H,10-11H2,1-2H3,(H,22,24). The summed E-state index contributed by atoms with van der Waals surface area (Å²) in [6.07, 6.45) is -0.437. The van der Waals surface area contributed by atoms with Crippen LogP contribution in [0.4, 0.5) is 5.69 Å². The van der Waals surface area contributed by atoms with Gasteiger partial charge in [0.1, 0.15) is 4.90 Å². The third kappa shape index (κ3) is 4.68. The summed E-state index contributed by atoms with van der Waals surface area (Å²) in [5.74, 6) is -0.402. The Morgan fingerprint density at radius 2 is 1.82 bits per heavy atom. The molecule has 0 spiro atoms. The first-order chi connectivity index (χ1) is 13.2. The Labute approximate surface area is 183 Å². The minimum absolute atomic E-state index is 0.0779. The van der Waals surface area contributed by atoms with Crippen molar-refractivity contribution >= 4 is 55.8 Å². The van der Waals surface area contributed by atoms with E-state index in [2.05, 4.69) is 27.9 Å². The van der Waals surface area contributed by atoms with Crippen molar-refractivity contribution in [2.24, 2.45) is 0 Å².